The third-order valence-corrected chi connectivity index (χ3v) is 3.29. The summed E-state index contributed by atoms with van der Waals surface area (Å²) in [6.07, 6.45) is 0. The van der Waals surface area contributed by atoms with Crippen LogP contribution in [0.15, 0.2) is 30.3 Å². The molecule has 0 fully saturated rings. The maximum Gasteiger partial charge on any atom is 0.219 e. The van der Waals surface area contributed by atoms with Crippen molar-refractivity contribution in [3.8, 4) is 11.6 Å². The molecule has 1 N–H and O–H groups in total. The molecule has 3 heteroatoms. The summed E-state index contributed by atoms with van der Waals surface area (Å²) in [7, 11) is 0. The average Bonchev–Trinajstić information content (AvgIpc) is 2.42. The summed E-state index contributed by atoms with van der Waals surface area (Å²) in [5.41, 5.74) is 4.52. The van der Waals surface area contributed by atoms with Gasteiger partial charge in [0.25, 0.3) is 0 Å². The molecule has 2 aromatic rings. The van der Waals surface area contributed by atoms with E-state index in [9.17, 15) is 0 Å². The fourth-order valence-corrected chi connectivity index (χ4v) is 2.00. The summed E-state index contributed by atoms with van der Waals surface area (Å²) in [6, 6.07) is 10.2. The molecule has 0 aliphatic carbocycles. The van der Waals surface area contributed by atoms with Crippen LogP contribution in [0.3, 0.4) is 0 Å². The quantitative estimate of drug-likeness (QED) is 0.894. The zero-order valence-corrected chi connectivity index (χ0v) is 12.7. The van der Waals surface area contributed by atoms with Crippen molar-refractivity contribution in [2.75, 3.05) is 6.54 Å². The van der Waals surface area contributed by atoms with E-state index in [1.807, 2.05) is 26.0 Å². The van der Waals surface area contributed by atoms with E-state index in [1.165, 1.54) is 11.1 Å². The number of hydrogen-bond donors (Lipinski definition) is 1. The van der Waals surface area contributed by atoms with Crippen LogP contribution in [-0.2, 0) is 6.54 Å². The minimum absolute atomic E-state index is 0.649. The van der Waals surface area contributed by atoms with Crippen molar-refractivity contribution in [2.45, 2.75) is 34.2 Å². The fraction of sp³-hybridized carbons (Fsp3) is 0.353. The van der Waals surface area contributed by atoms with Gasteiger partial charge in [0.15, 0.2) is 0 Å². The van der Waals surface area contributed by atoms with E-state index in [0.29, 0.717) is 5.88 Å². The number of pyridine rings is 1. The van der Waals surface area contributed by atoms with E-state index in [-0.39, 0.29) is 0 Å². The SMILES string of the molecule is CCNCc1ccc(Oc2cc(C)ccc2C)nc1C. The molecule has 20 heavy (non-hydrogen) atoms. The Morgan fingerprint density at radius 3 is 2.60 bits per heavy atom. The topological polar surface area (TPSA) is 34.1 Å². The summed E-state index contributed by atoms with van der Waals surface area (Å²) in [6.45, 7) is 10.0. The van der Waals surface area contributed by atoms with E-state index >= 15 is 0 Å². The number of benzene rings is 1. The van der Waals surface area contributed by atoms with E-state index in [4.69, 9.17) is 4.74 Å². The number of ether oxygens (including phenoxy) is 1. The molecule has 0 aliphatic rings. The predicted octanol–water partition coefficient (Wildman–Crippen LogP) is 3.91. The van der Waals surface area contributed by atoms with Crippen LogP contribution in [0, 0.1) is 20.8 Å². The molecule has 0 radical (unpaired) electrons. The van der Waals surface area contributed by atoms with E-state index < -0.39 is 0 Å². The Hall–Kier alpha value is -1.87. The number of rotatable bonds is 5. The van der Waals surface area contributed by atoms with Crippen molar-refractivity contribution < 1.29 is 4.74 Å². The summed E-state index contributed by atoms with van der Waals surface area (Å²) in [5, 5.41) is 3.31. The predicted molar refractivity (Wildman–Crippen MR) is 82.3 cm³/mol. The molecule has 0 amide bonds. The second-order valence-electron chi connectivity index (χ2n) is 5.05. The highest BCUT2D eigenvalue weighted by atomic mass is 16.5. The molecule has 1 aromatic heterocycles. The molecule has 0 saturated carbocycles. The fourth-order valence-electron chi connectivity index (χ4n) is 2.00. The zero-order valence-electron chi connectivity index (χ0n) is 12.7. The monoisotopic (exact) mass is 270 g/mol. The van der Waals surface area contributed by atoms with Crippen molar-refractivity contribution in [1.29, 1.82) is 0 Å². The van der Waals surface area contributed by atoms with Crippen LogP contribution in [-0.4, -0.2) is 11.5 Å². The highest BCUT2D eigenvalue weighted by Gasteiger charge is 2.05. The van der Waals surface area contributed by atoms with Gasteiger partial charge in [-0.15, -0.1) is 0 Å². The number of nitrogens with zero attached hydrogens (tertiary/aromatic N) is 1. The van der Waals surface area contributed by atoms with Crippen LogP contribution in [0.5, 0.6) is 11.6 Å². The first-order valence-corrected chi connectivity index (χ1v) is 7.02. The molecule has 106 valence electrons. The number of aromatic nitrogens is 1. The summed E-state index contributed by atoms with van der Waals surface area (Å²) < 4.78 is 5.90. The molecule has 0 saturated heterocycles. The van der Waals surface area contributed by atoms with Crippen molar-refractivity contribution in [2.24, 2.45) is 0 Å². The van der Waals surface area contributed by atoms with Gasteiger partial charge in [0.1, 0.15) is 5.75 Å². The van der Waals surface area contributed by atoms with Crippen LogP contribution in [0.2, 0.25) is 0 Å². The van der Waals surface area contributed by atoms with Crippen molar-refractivity contribution in [3.05, 3.63) is 52.7 Å². The lowest BCUT2D eigenvalue weighted by atomic mass is 10.1. The van der Waals surface area contributed by atoms with E-state index in [2.05, 4.69) is 42.3 Å². The highest BCUT2D eigenvalue weighted by molar-refractivity contribution is 5.39. The Morgan fingerprint density at radius 2 is 1.90 bits per heavy atom. The second-order valence-corrected chi connectivity index (χ2v) is 5.05. The largest absolute Gasteiger partial charge is 0.439 e. The Balaban J connectivity index is 2.17. The summed E-state index contributed by atoms with van der Waals surface area (Å²) in [5.74, 6) is 1.52. The van der Waals surface area contributed by atoms with Crippen LogP contribution in [0.25, 0.3) is 0 Å². The number of nitrogens with one attached hydrogen (secondary N) is 1. The molecule has 3 nitrogen and oxygen atoms in total. The Bertz CT molecular complexity index is 594. The van der Waals surface area contributed by atoms with Crippen LogP contribution in [0.4, 0.5) is 0 Å². The lowest BCUT2D eigenvalue weighted by molar-refractivity contribution is 0.457. The molecular weight excluding hydrogens is 248 g/mol. The van der Waals surface area contributed by atoms with Gasteiger partial charge in [0, 0.05) is 18.3 Å². The van der Waals surface area contributed by atoms with Gasteiger partial charge < -0.3 is 10.1 Å². The van der Waals surface area contributed by atoms with Gasteiger partial charge in [-0.2, -0.15) is 0 Å². The zero-order chi connectivity index (χ0) is 14.5. The molecule has 0 spiro atoms. The number of aryl methyl sites for hydroxylation is 3. The highest BCUT2D eigenvalue weighted by Crippen LogP contribution is 2.25. The number of hydrogen-bond acceptors (Lipinski definition) is 3. The van der Waals surface area contributed by atoms with Crippen molar-refractivity contribution in [1.82, 2.24) is 10.3 Å². The minimum Gasteiger partial charge on any atom is -0.439 e. The normalized spacial score (nSPS) is 10.6. The first-order valence-electron chi connectivity index (χ1n) is 7.02. The third kappa shape index (κ3) is 3.58. The average molecular weight is 270 g/mol. The minimum atomic E-state index is 0.649. The first-order chi connectivity index (χ1) is 9.60. The molecule has 2 rings (SSSR count). The van der Waals surface area contributed by atoms with E-state index in [1.54, 1.807) is 0 Å². The Labute approximate surface area is 121 Å². The molecule has 0 atom stereocenters. The van der Waals surface area contributed by atoms with Gasteiger partial charge in [-0.1, -0.05) is 25.1 Å². The van der Waals surface area contributed by atoms with Gasteiger partial charge in [0.2, 0.25) is 5.88 Å². The van der Waals surface area contributed by atoms with Crippen LogP contribution < -0.4 is 10.1 Å². The standard InChI is InChI=1S/C17H22N2O/c1-5-18-11-15-8-9-17(19-14(15)4)20-16-10-12(2)6-7-13(16)3/h6-10,18H,5,11H2,1-4H3. The Kier molecular flexibility index (Phi) is 4.74. The van der Waals surface area contributed by atoms with Crippen molar-refractivity contribution in [3.63, 3.8) is 0 Å². The molecule has 1 heterocycles. The molecule has 0 unspecified atom stereocenters. The molecular formula is C17H22N2O. The first kappa shape index (κ1) is 14.5. The summed E-state index contributed by atoms with van der Waals surface area (Å²) in [4.78, 5) is 4.53. The smallest absolute Gasteiger partial charge is 0.219 e. The summed E-state index contributed by atoms with van der Waals surface area (Å²) >= 11 is 0. The van der Waals surface area contributed by atoms with Crippen LogP contribution >= 0.6 is 0 Å². The molecule has 0 aliphatic heterocycles. The molecule has 0 bridgehead atoms. The van der Waals surface area contributed by atoms with Gasteiger partial charge in [0.05, 0.1) is 0 Å². The van der Waals surface area contributed by atoms with Crippen LogP contribution in [0.1, 0.15) is 29.3 Å². The lowest BCUT2D eigenvalue weighted by Gasteiger charge is -2.11. The van der Waals surface area contributed by atoms with Gasteiger partial charge >= 0.3 is 0 Å². The molecule has 1 aromatic carbocycles. The van der Waals surface area contributed by atoms with E-state index in [0.717, 1.165) is 30.1 Å². The Morgan fingerprint density at radius 1 is 1.10 bits per heavy atom. The third-order valence-electron chi connectivity index (χ3n) is 3.29. The van der Waals surface area contributed by atoms with Gasteiger partial charge in [-0.05, 0) is 50.1 Å². The maximum atomic E-state index is 5.90. The lowest BCUT2D eigenvalue weighted by Crippen LogP contribution is -2.13. The van der Waals surface area contributed by atoms with Crippen molar-refractivity contribution >= 4 is 0 Å². The van der Waals surface area contributed by atoms with Gasteiger partial charge in [-0.25, -0.2) is 4.98 Å². The second kappa shape index (κ2) is 6.53. The maximum absolute atomic E-state index is 5.90. The van der Waals surface area contributed by atoms with Gasteiger partial charge in [-0.3, -0.25) is 0 Å².